The molecule has 3 N–H and O–H groups in total. The number of anilines is 1. The number of carbonyl (C=O) groups excluding carboxylic acids is 1. The topological polar surface area (TPSA) is 77.5 Å². The Morgan fingerprint density at radius 2 is 2.08 bits per heavy atom. The number of rotatable bonds is 4. The van der Waals surface area contributed by atoms with Crippen LogP contribution < -0.4 is 15.5 Å². The maximum absolute atomic E-state index is 12.5. The second-order valence-electron chi connectivity index (χ2n) is 5.87. The molecule has 2 rings (SSSR count). The molecule has 0 aliphatic carbocycles. The SMILES string of the molecule is CC(O)CNC(=O)NC1CCN(c2ccc(C(F)(F)F)cn2)CC1. The number of urea groups is 1. The van der Waals surface area contributed by atoms with Crippen LogP contribution in [0.2, 0.25) is 0 Å². The lowest BCUT2D eigenvalue weighted by Gasteiger charge is -2.33. The first kappa shape index (κ1) is 18.3. The molecule has 1 aliphatic rings. The van der Waals surface area contributed by atoms with Gasteiger partial charge in [-0.25, -0.2) is 9.78 Å². The van der Waals surface area contributed by atoms with E-state index in [0.717, 1.165) is 12.3 Å². The molecule has 1 fully saturated rings. The summed E-state index contributed by atoms with van der Waals surface area (Å²) in [6.45, 7) is 2.95. The van der Waals surface area contributed by atoms with E-state index in [0.29, 0.717) is 31.7 Å². The van der Waals surface area contributed by atoms with Gasteiger partial charge in [0.25, 0.3) is 0 Å². The van der Waals surface area contributed by atoms with Crippen molar-refractivity contribution >= 4 is 11.8 Å². The van der Waals surface area contributed by atoms with Gasteiger partial charge in [0.05, 0.1) is 11.7 Å². The van der Waals surface area contributed by atoms with Crippen molar-refractivity contribution in [3.8, 4) is 0 Å². The Morgan fingerprint density at radius 3 is 2.58 bits per heavy atom. The molecule has 1 aromatic rings. The number of amides is 2. The smallest absolute Gasteiger partial charge is 0.392 e. The van der Waals surface area contributed by atoms with Crippen LogP contribution in [0.25, 0.3) is 0 Å². The third-order valence-corrected chi connectivity index (χ3v) is 3.79. The summed E-state index contributed by atoms with van der Waals surface area (Å²) in [5.41, 5.74) is -0.766. The third-order valence-electron chi connectivity index (χ3n) is 3.79. The van der Waals surface area contributed by atoms with Gasteiger partial charge in [-0.05, 0) is 31.9 Å². The van der Waals surface area contributed by atoms with Gasteiger partial charge in [0.2, 0.25) is 0 Å². The molecule has 9 heteroatoms. The summed E-state index contributed by atoms with van der Waals surface area (Å²) < 4.78 is 37.6. The standard InChI is InChI=1S/C15H21F3N4O2/c1-10(23)8-20-14(24)21-12-4-6-22(7-5-12)13-3-2-11(9-19-13)15(16,17)18/h2-3,9-10,12,23H,4-8H2,1H3,(H2,20,21,24). The molecule has 0 radical (unpaired) electrons. The van der Waals surface area contributed by atoms with E-state index in [1.807, 2.05) is 4.90 Å². The maximum Gasteiger partial charge on any atom is 0.417 e. The van der Waals surface area contributed by atoms with Crippen LogP contribution in [0.15, 0.2) is 18.3 Å². The number of alkyl halides is 3. The Morgan fingerprint density at radius 1 is 1.42 bits per heavy atom. The van der Waals surface area contributed by atoms with E-state index in [4.69, 9.17) is 5.11 Å². The Bertz CT molecular complexity index is 541. The van der Waals surface area contributed by atoms with Crippen LogP contribution in [0.1, 0.15) is 25.3 Å². The highest BCUT2D eigenvalue weighted by atomic mass is 19.4. The van der Waals surface area contributed by atoms with Crippen molar-refractivity contribution in [2.45, 2.75) is 38.1 Å². The zero-order valence-electron chi connectivity index (χ0n) is 13.3. The van der Waals surface area contributed by atoms with Crippen molar-refractivity contribution in [3.63, 3.8) is 0 Å². The summed E-state index contributed by atoms with van der Waals surface area (Å²) in [6, 6.07) is 2.05. The highest BCUT2D eigenvalue weighted by Gasteiger charge is 2.31. The maximum atomic E-state index is 12.5. The molecule has 6 nitrogen and oxygen atoms in total. The summed E-state index contributed by atoms with van der Waals surface area (Å²) in [6.07, 6.45) is -2.82. The average Bonchev–Trinajstić information content (AvgIpc) is 2.53. The molecule has 2 amide bonds. The van der Waals surface area contributed by atoms with E-state index in [9.17, 15) is 18.0 Å². The number of aromatic nitrogens is 1. The Kier molecular flexibility index (Phi) is 5.87. The predicted molar refractivity (Wildman–Crippen MR) is 82.7 cm³/mol. The van der Waals surface area contributed by atoms with Gasteiger partial charge >= 0.3 is 12.2 Å². The Hall–Kier alpha value is -2.03. The number of nitrogens with one attached hydrogen (secondary N) is 2. The number of aliphatic hydroxyl groups is 1. The predicted octanol–water partition coefficient (Wildman–Crippen LogP) is 1.75. The molecule has 0 bridgehead atoms. The molecule has 24 heavy (non-hydrogen) atoms. The van der Waals surface area contributed by atoms with Crippen LogP contribution in [0.3, 0.4) is 0 Å². The highest BCUT2D eigenvalue weighted by molar-refractivity contribution is 5.74. The van der Waals surface area contributed by atoms with Crippen molar-refractivity contribution in [2.75, 3.05) is 24.5 Å². The Balaban J connectivity index is 1.81. The first-order chi connectivity index (χ1) is 11.3. The molecule has 2 heterocycles. The fraction of sp³-hybridized carbons (Fsp3) is 0.600. The second-order valence-corrected chi connectivity index (χ2v) is 5.87. The minimum atomic E-state index is -4.39. The largest absolute Gasteiger partial charge is 0.417 e. The van der Waals surface area contributed by atoms with Crippen LogP contribution in [-0.4, -0.2) is 47.9 Å². The van der Waals surface area contributed by atoms with Crippen LogP contribution in [0.4, 0.5) is 23.8 Å². The van der Waals surface area contributed by atoms with Crippen molar-refractivity contribution in [2.24, 2.45) is 0 Å². The van der Waals surface area contributed by atoms with Crippen LogP contribution in [-0.2, 0) is 6.18 Å². The highest BCUT2D eigenvalue weighted by Crippen LogP contribution is 2.29. The van der Waals surface area contributed by atoms with Gasteiger partial charge < -0.3 is 20.6 Å². The van der Waals surface area contributed by atoms with E-state index in [1.54, 1.807) is 6.92 Å². The van der Waals surface area contributed by atoms with Crippen molar-refractivity contribution in [3.05, 3.63) is 23.9 Å². The lowest BCUT2D eigenvalue weighted by atomic mass is 10.1. The number of pyridine rings is 1. The molecule has 1 aromatic heterocycles. The zero-order chi connectivity index (χ0) is 17.7. The van der Waals surface area contributed by atoms with E-state index in [2.05, 4.69) is 15.6 Å². The van der Waals surface area contributed by atoms with Crippen molar-refractivity contribution in [1.82, 2.24) is 15.6 Å². The molecule has 1 saturated heterocycles. The van der Waals surface area contributed by atoms with Gasteiger partial charge in [-0.15, -0.1) is 0 Å². The van der Waals surface area contributed by atoms with Crippen molar-refractivity contribution in [1.29, 1.82) is 0 Å². The van der Waals surface area contributed by atoms with E-state index >= 15 is 0 Å². The second kappa shape index (κ2) is 7.69. The quantitative estimate of drug-likeness (QED) is 0.776. The van der Waals surface area contributed by atoms with Crippen LogP contribution in [0, 0.1) is 0 Å². The van der Waals surface area contributed by atoms with E-state index in [-0.39, 0.29) is 18.6 Å². The number of carbonyl (C=O) groups is 1. The van der Waals surface area contributed by atoms with Gasteiger partial charge in [-0.1, -0.05) is 0 Å². The van der Waals surface area contributed by atoms with Gasteiger partial charge in [-0.3, -0.25) is 0 Å². The third kappa shape index (κ3) is 5.26. The molecule has 0 saturated carbocycles. The monoisotopic (exact) mass is 346 g/mol. The van der Waals surface area contributed by atoms with Crippen LogP contribution >= 0.6 is 0 Å². The lowest BCUT2D eigenvalue weighted by molar-refractivity contribution is -0.137. The molecule has 134 valence electrons. The normalized spacial score (nSPS) is 17.5. The molecule has 1 unspecified atom stereocenters. The molecular formula is C15H21F3N4O2. The molecule has 0 spiro atoms. The van der Waals surface area contributed by atoms with Gasteiger partial charge in [0.15, 0.2) is 0 Å². The van der Waals surface area contributed by atoms with Crippen LogP contribution in [0.5, 0.6) is 0 Å². The lowest BCUT2D eigenvalue weighted by Crippen LogP contribution is -2.49. The summed E-state index contributed by atoms with van der Waals surface area (Å²) in [7, 11) is 0. The number of halogens is 3. The fourth-order valence-electron chi connectivity index (χ4n) is 2.47. The average molecular weight is 346 g/mol. The number of piperidine rings is 1. The number of nitrogens with zero attached hydrogens (tertiary/aromatic N) is 2. The van der Waals surface area contributed by atoms with Crippen molar-refractivity contribution < 1.29 is 23.1 Å². The Labute approximate surface area is 138 Å². The summed E-state index contributed by atoms with van der Waals surface area (Å²) in [5.74, 6) is 0.500. The van der Waals surface area contributed by atoms with Gasteiger partial charge in [0, 0.05) is 31.9 Å². The molecular weight excluding hydrogens is 325 g/mol. The first-order valence-corrected chi connectivity index (χ1v) is 7.76. The minimum Gasteiger partial charge on any atom is -0.392 e. The number of hydrogen-bond donors (Lipinski definition) is 3. The van der Waals surface area contributed by atoms with E-state index < -0.39 is 17.8 Å². The minimum absolute atomic E-state index is 0.00954. The molecule has 0 aromatic carbocycles. The molecule has 1 atom stereocenters. The van der Waals surface area contributed by atoms with E-state index in [1.165, 1.54) is 6.07 Å². The van der Waals surface area contributed by atoms with Gasteiger partial charge in [0.1, 0.15) is 5.82 Å². The number of aliphatic hydroxyl groups excluding tert-OH is 1. The number of hydrogen-bond acceptors (Lipinski definition) is 4. The zero-order valence-corrected chi connectivity index (χ0v) is 13.3. The molecule has 1 aliphatic heterocycles. The summed E-state index contributed by atoms with van der Waals surface area (Å²) in [5, 5.41) is 14.5. The summed E-state index contributed by atoms with van der Waals surface area (Å²) >= 11 is 0. The van der Waals surface area contributed by atoms with Gasteiger partial charge in [-0.2, -0.15) is 13.2 Å². The fourth-order valence-corrected chi connectivity index (χ4v) is 2.47. The summed E-state index contributed by atoms with van der Waals surface area (Å²) in [4.78, 5) is 17.4. The first-order valence-electron chi connectivity index (χ1n) is 7.76.